The summed E-state index contributed by atoms with van der Waals surface area (Å²) < 4.78 is 0. The molecule has 0 fully saturated rings. The Morgan fingerprint density at radius 3 is 0.971 bits per heavy atom. The lowest BCUT2D eigenvalue weighted by atomic mass is 10.1. The van der Waals surface area contributed by atoms with E-state index in [0.29, 0.717) is 0 Å². The van der Waals surface area contributed by atoms with Crippen LogP contribution in [0.25, 0.3) is 24.3 Å². The number of aryl methyl sites for hydroxylation is 2. The first kappa shape index (κ1) is 23.3. The molecule has 0 bridgehead atoms. The summed E-state index contributed by atoms with van der Waals surface area (Å²) in [5.74, 6) is 0. The highest BCUT2D eigenvalue weighted by Gasteiger charge is 2.03. The second kappa shape index (κ2) is 11.3. The van der Waals surface area contributed by atoms with E-state index in [4.69, 9.17) is 0 Å². The van der Waals surface area contributed by atoms with Gasteiger partial charge in [-0.05, 0) is 70.5 Å². The zero-order valence-electron chi connectivity index (χ0n) is 20.4. The maximum atomic E-state index is 2.22. The molecule has 0 saturated carbocycles. The summed E-state index contributed by atoms with van der Waals surface area (Å²) in [5, 5.41) is 0. The lowest BCUT2D eigenvalue weighted by Crippen LogP contribution is -2.08. The Balaban J connectivity index is 1.38. The van der Waals surface area contributed by atoms with Gasteiger partial charge in [-0.3, -0.25) is 0 Å². The summed E-state index contributed by atoms with van der Waals surface area (Å²) in [5.41, 5.74) is 9.93. The van der Waals surface area contributed by atoms with Crippen LogP contribution in [-0.4, -0.2) is 7.05 Å². The molecular weight excluding hydrogens is 410 g/mol. The van der Waals surface area contributed by atoms with E-state index in [1.54, 1.807) is 0 Å². The van der Waals surface area contributed by atoms with Gasteiger partial charge in [0.15, 0.2) is 0 Å². The highest BCUT2D eigenvalue weighted by atomic mass is 15.1. The Bertz CT molecular complexity index is 1130. The average Bonchev–Trinajstić information content (AvgIpc) is 2.91. The van der Waals surface area contributed by atoms with Crippen LogP contribution in [0.15, 0.2) is 97.1 Å². The molecule has 0 saturated heterocycles. The average molecular weight is 444 g/mol. The Labute approximate surface area is 204 Å². The Morgan fingerprint density at radius 2 is 0.706 bits per heavy atom. The van der Waals surface area contributed by atoms with Crippen LogP contribution >= 0.6 is 0 Å². The van der Waals surface area contributed by atoms with E-state index in [1.165, 1.54) is 44.8 Å². The number of hydrogen-bond acceptors (Lipinski definition) is 1. The van der Waals surface area contributed by atoms with E-state index in [9.17, 15) is 0 Å². The molecule has 0 unspecified atom stereocenters. The van der Waals surface area contributed by atoms with Crippen molar-refractivity contribution in [3.63, 3.8) is 0 Å². The minimum absolute atomic E-state index is 1.08. The molecule has 0 heterocycles. The third-order valence-electron chi connectivity index (χ3n) is 6.27. The second-order valence-electron chi connectivity index (χ2n) is 8.60. The van der Waals surface area contributed by atoms with Crippen LogP contribution in [0.5, 0.6) is 0 Å². The molecule has 1 nitrogen and oxygen atoms in total. The van der Waals surface area contributed by atoms with E-state index in [0.717, 1.165) is 12.8 Å². The number of benzene rings is 4. The fourth-order valence-corrected chi connectivity index (χ4v) is 3.88. The fraction of sp³-hybridized carbons (Fsp3) is 0.152. The molecule has 0 spiro atoms. The lowest BCUT2D eigenvalue weighted by molar-refractivity contribution is 1.14. The van der Waals surface area contributed by atoms with Crippen LogP contribution in [0, 0.1) is 0 Å². The van der Waals surface area contributed by atoms with E-state index >= 15 is 0 Å². The standard InChI is InChI=1S/C33H33N/c1-4-26-6-10-28(11-7-26)14-16-30-18-22-32(23-19-30)34(3)33-24-20-31(21-25-33)17-15-29-12-8-27(5-2)9-13-29/h6-25H,4-5H2,1-3H3/b16-14+,17-15+. The molecule has 0 aromatic heterocycles. The minimum atomic E-state index is 1.08. The molecule has 0 atom stereocenters. The van der Waals surface area contributed by atoms with Gasteiger partial charge < -0.3 is 4.90 Å². The Morgan fingerprint density at radius 1 is 0.441 bits per heavy atom. The number of hydrogen-bond donors (Lipinski definition) is 0. The molecule has 4 aromatic carbocycles. The highest BCUT2D eigenvalue weighted by Crippen LogP contribution is 2.25. The molecule has 0 aliphatic rings. The molecule has 4 rings (SSSR count). The summed E-state index contributed by atoms with van der Waals surface area (Å²) in [7, 11) is 2.11. The van der Waals surface area contributed by atoms with Crippen molar-refractivity contribution in [3.8, 4) is 0 Å². The maximum Gasteiger partial charge on any atom is 0.0408 e. The van der Waals surface area contributed by atoms with Crippen molar-refractivity contribution in [1.29, 1.82) is 0 Å². The van der Waals surface area contributed by atoms with Crippen molar-refractivity contribution >= 4 is 35.7 Å². The number of rotatable bonds is 8. The first-order chi connectivity index (χ1) is 16.6. The number of nitrogens with zero attached hydrogens (tertiary/aromatic N) is 1. The molecule has 34 heavy (non-hydrogen) atoms. The molecule has 0 aliphatic heterocycles. The third-order valence-corrected chi connectivity index (χ3v) is 6.27. The molecule has 0 radical (unpaired) electrons. The zero-order chi connectivity index (χ0) is 23.8. The van der Waals surface area contributed by atoms with Crippen molar-refractivity contribution in [3.05, 3.63) is 130 Å². The molecule has 1 heteroatoms. The second-order valence-corrected chi connectivity index (χ2v) is 8.60. The van der Waals surface area contributed by atoms with E-state index in [2.05, 4.69) is 147 Å². The van der Waals surface area contributed by atoms with Gasteiger partial charge in [0.1, 0.15) is 0 Å². The third kappa shape index (κ3) is 6.14. The summed E-state index contributed by atoms with van der Waals surface area (Å²) in [6.07, 6.45) is 10.8. The monoisotopic (exact) mass is 443 g/mol. The smallest absolute Gasteiger partial charge is 0.0408 e. The highest BCUT2D eigenvalue weighted by molar-refractivity contribution is 5.73. The van der Waals surface area contributed by atoms with Gasteiger partial charge in [-0.1, -0.05) is 111 Å². The van der Waals surface area contributed by atoms with E-state index in [-0.39, 0.29) is 0 Å². The zero-order valence-corrected chi connectivity index (χ0v) is 20.4. The molecular formula is C33H33N. The first-order valence-electron chi connectivity index (χ1n) is 12.1. The quantitative estimate of drug-likeness (QED) is 0.246. The predicted octanol–water partition coefficient (Wildman–Crippen LogP) is 8.92. The minimum Gasteiger partial charge on any atom is -0.345 e. The number of anilines is 2. The summed E-state index contributed by atoms with van der Waals surface area (Å²) >= 11 is 0. The van der Waals surface area contributed by atoms with Gasteiger partial charge in [-0.25, -0.2) is 0 Å². The Hall–Kier alpha value is -3.84. The molecule has 0 N–H and O–H groups in total. The normalized spacial score (nSPS) is 11.4. The largest absolute Gasteiger partial charge is 0.345 e. The van der Waals surface area contributed by atoms with Gasteiger partial charge in [0.25, 0.3) is 0 Å². The summed E-state index contributed by atoms with van der Waals surface area (Å²) in [6, 6.07) is 34.9. The van der Waals surface area contributed by atoms with Crippen LogP contribution in [0.3, 0.4) is 0 Å². The topological polar surface area (TPSA) is 3.24 Å². The van der Waals surface area contributed by atoms with Gasteiger partial charge in [0, 0.05) is 18.4 Å². The van der Waals surface area contributed by atoms with E-state index in [1.807, 2.05) is 0 Å². The maximum absolute atomic E-state index is 2.22. The van der Waals surface area contributed by atoms with Crippen LogP contribution in [0.4, 0.5) is 11.4 Å². The summed E-state index contributed by atoms with van der Waals surface area (Å²) in [4.78, 5) is 2.22. The van der Waals surface area contributed by atoms with Gasteiger partial charge in [-0.2, -0.15) is 0 Å². The predicted molar refractivity (Wildman–Crippen MR) is 150 cm³/mol. The lowest BCUT2D eigenvalue weighted by Gasteiger charge is -2.20. The van der Waals surface area contributed by atoms with Crippen LogP contribution in [0.1, 0.15) is 47.2 Å². The van der Waals surface area contributed by atoms with Crippen LogP contribution in [0.2, 0.25) is 0 Å². The summed E-state index contributed by atoms with van der Waals surface area (Å²) in [6.45, 7) is 4.37. The molecule has 170 valence electrons. The van der Waals surface area contributed by atoms with Crippen LogP contribution in [-0.2, 0) is 12.8 Å². The SMILES string of the molecule is CCc1ccc(/C=C/c2ccc(N(C)c3ccc(/C=C/c4ccc(CC)cc4)cc3)cc2)cc1. The van der Waals surface area contributed by atoms with Crippen molar-refractivity contribution in [2.45, 2.75) is 26.7 Å². The molecule has 0 amide bonds. The van der Waals surface area contributed by atoms with E-state index < -0.39 is 0 Å². The van der Waals surface area contributed by atoms with Crippen molar-refractivity contribution in [2.75, 3.05) is 11.9 Å². The molecule has 0 aliphatic carbocycles. The van der Waals surface area contributed by atoms with Crippen LogP contribution < -0.4 is 4.90 Å². The van der Waals surface area contributed by atoms with Crippen molar-refractivity contribution < 1.29 is 0 Å². The fourth-order valence-electron chi connectivity index (χ4n) is 3.88. The van der Waals surface area contributed by atoms with Crippen molar-refractivity contribution in [2.24, 2.45) is 0 Å². The first-order valence-corrected chi connectivity index (χ1v) is 12.1. The van der Waals surface area contributed by atoms with Gasteiger partial charge >= 0.3 is 0 Å². The van der Waals surface area contributed by atoms with Gasteiger partial charge in [0.2, 0.25) is 0 Å². The van der Waals surface area contributed by atoms with Crippen molar-refractivity contribution in [1.82, 2.24) is 0 Å². The van der Waals surface area contributed by atoms with Gasteiger partial charge in [0.05, 0.1) is 0 Å². The Kier molecular flexibility index (Phi) is 7.78. The van der Waals surface area contributed by atoms with Gasteiger partial charge in [-0.15, -0.1) is 0 Å². The molecule has 4 aromatic rings.